The molecule has 0 atom stereocenters. The summed E-state index contributed by atoms with van der Waals surface area (Å²) in [4.78, 5) is 20.9. The molecule has 1 N–H and O–H groups in total. The van der Waals surface area contributed by atoms with Crippen LogP contribution in [0.4, 0.5) is 5.69 Å². The minimum atomic E-state index is 0.00305. The lowest BCUT2D eigenvalue weighted by Gasteiger charge is -2.30. The van der Waals surface area contributed by atoms with Gasteiger partial charge in [-0.25, -0.2) is 0 Å². The minimum Gasteiger partial charge on any atom is -0.341 e. The van der Waals surface area contributed by atoms with Gasteiger partial charge in [0.15, 0.2) is 0 Å². The van der Waals surface area contributed by atoms with Gasteiger partial charge < -0.3 is 14.4 Å². The van der Waals surface area contributed by atoms with E-state index in [0.29, 0.717) is 18.3 Å². The van der Waals surface area contributed by atoms with Crippen LogP contribution in [0.15, 0.2) is 64.5 Å². The summed E-state index contributed by atoms with van der Waals surface area (Å²) in [6.45, 7) is 5.35. The second kappa shape index (κ2) is 9.28. The molecule has 0 saturated carbocycles. The maximum Gasteiger partial charge on any atom is 0.241 e. The SMILES string of the molecule is CCn1c2ccccc2c2cc(NC(=O)C3CCN(Cc4nc(-c5cccs5)no4)CC3)ccc21. The van der Waals surface area contributed by atoms with E-state index in [0.717, 1.165) is 43.0 Å². The first-order valence-corrected chi connectivity index (χ1v) is 13.0. The minimum absolute atomic E-state index is 0.00305. The van der Waals surface area contributed by atoms with Gasteiger partial charge in [0.2, 0.25) is 17.6 Å². The Morgan fingerprint density at radius 2 is 1.91 bits per heavy atom. The number of para-hydroxylation sites is 1. The van der Waals surface area contributed by atoms with Crippen LogP contribution in [-0.4, -0.2) is 38.6 Å². The normalized spacial score (nSPS) is 15.2. The third kappa shape index (κ3) is 4.24. The molecule has 0 spiro atoms. The summed E-state index contributed by atoms with van der Waals surface area (Å²) in [6.07, 6.45) is 1.63. The molecule has 178 valence electrons. The molecule has 0 radical (unpaired) electrons. The van der Waals surface area contributed by atoms with Crippen LogP contribution in [0.1, 0.15) is 25.7 Å². The average Bonchev–Trinajstić information content (AvgIpc) is 3.63. The molecular formula is C27H27N5O2S. The number of anilines is 1. The van der Waals surface area contributed by atoms with Gasteiger partial charge in [-0.1, -0.05) is 29.4 Å². The molecule has 4 heterocycles. The highest BCUT2D eigenvalue weighted by molar-refractivity contribution is 7.13. The smallest absolute Gasteiger partial charge is 0.241 e. The second-order valence-electron chi connectivity index (χ2n) is 9.02. The average molecular weight is 486 g/mol. The fourth-order valence-electron chi connectivity index (χ4n) is 5.09. The highest BCUT2D eigenvalue weighted by Gasteiger charge is 2.26. The molecule has 0 unspecified atom stereocenters. The van der Waals surface area contributed by atoms with E-state index in [1.807, 2.05) is 23.6 Å². The number of nitrogens with one attached hydrogen (secondary N) is 1. The van der Waals surface area contributed by atoms with E-state index in [4.69, 9.17) is 4.52 Å². The van der Waals surface area contributed by atoms with Gasteiger partial charge in [-0.2, -0.15) is 4.98 Å². The van der Waals surface area contributed by atoms with Crippen LogP contribution >= 0.6 is 11.3 Å². The number of benzene rings is 2. The summed E-state index contributed by atoms with van der Waals surface area (Å²) < 4.78 is 7.76. The number of fused-ring (bicyclic) bond motifs is 3. The predicted molar refractivity (Wildman–Crippen MR) is 139 cm³/mol. The maximum atomic E-state index is 13.1. The van der Waals surface area contributed by atoms with Gasteiger partial charge >= 0.3 is 0 Å². The number of likely N-dealkylation sites (tertiary alicyclic amines) is 1. The standard InChI is InChI=1S/C27H27N5O2S/c1-2-32-22-7-4-3-6-20(22)21-16-19(9-10-23(21)32)28-27(33)18-11-13-31(14-12-18)17-25-29-26(30-34-25)24-8-5-15-35-24/h3-10,15-16,18H,2,11-14,17H2,1H3,(H,28,33). The monoisotopic (exact) mass is 485 g/mol. The number of piperidine rings is 1. The van der Waals surface area contributed by atoms with Crippen molar-refractivity contribution in [2.75, 3.05) is 18.4 Å². The van der Waals surface area contributed by atoms with Gasteiger partial charge in [0.05, 0.1) is 11.4 Å². The van der Waals surface area contributed by atoms with Crippen molar-refractivity contribution in [2.24, 2.45) is 5.92 Å². The van der Waals surface area contributed by atoms with Crippen LogP contribution < -0.4 is 5.32 Å². The largest absolute Gasteiger partial charge is 0.341 e. The molecule has 1 aliphatic rings. The Kier molecular flexibility index (Phi) is 5.83. The molecule has 3 aromatic heterocycles. The third-order valence-corrected chi connectivity index (χ3v) is 7.75. The molecule has 6 rings (SSSR count). The van der Waals surface area contributed by atoms with Crippen LogP contribution in [0.3, 0.4) is 0 Å². The number of hydrogen-bond acceptors (Lipinski definition) is 6. The Labute approximate surface area is 207 Å². The molecule has 0 aliphatic carbocycles. The first kappa shape index (κ1) is 22.0. The van der Waals surface area contributed by atoms with Crippen molar-refractivity contribution in [2.45, 2.75) is 32.9 Å². The second-order valence-corrected chi connectivity index (χ2v) is 9.97. The zero-order chi connectivity index (χ0) is 23.8. The molecule has 35 heavy (non-hydrogen) atoms. The number of hydrogen-bond donors (Lipinski definition) is 1. The number of aryl methyl sites for hydroxylation is 1. The Bertz CT molecular complexity index is 1480. The maximum absolute atomic E-state index is 13.1. The Hall–Kier alpha value is -3.49. The summed E-state index contributed by atoms with van der Waals surface area (Å²) in [7, 11) is 0. The first-order chi connectivity index (χ1) is 17.2. The Balaban J connectivity index is 1.09. The zero-order valence-corrected chi connectivity index (χ0v) is 20.4. The van der Waals surface area contributed by atoms with Gasteiger partial charge in [0.1, 0.15) is 0 Å². The number of carbonyl (C=O) groups excluding carboxylic acids is 1. The van der Waals surface area contributed by atoms with E-state index in [9.17, 15) is 4.79 Å². The van der Waals surface area contributed by atoms with Crippen molar-refractivity contribution in [3.8, 4) is 10.7 Å². The van der Waals surface area contributed by atoms with E-state index in [1.54, 1.807) is 11.3 Å². The number of amides is 1. The van der Waals surface area contributed by atoms with Gasteiger partial charge in [-0.15, -0.1) is 11.3 Å². The number of nitrogens with zero attached hydrogens (tertiary/aromatic N) is 4. The Morgan fingerprint density at radius 3 is 2.71 bits per heavy atom. The van der Waals surface area contributed by atoms with E-state index in [2.05, 4.69) is 68.2 Å². The van der Waals surface area contributed by atoms with E-state index in [1.165, 1.54) is 21.8 Å². The van der Waals surface area contributed by atoms with Crippen molar-refractivity contribution in [1.82, 2.24) is 19.6 Å². The molecule has 1 amide bonds. The summed E-state index contributed by atoms with van der Waals surface area (Å²) in [5.41, 5.74) is 3.28. The van der Waals surface area contributed by atoms with Gasteiger partial charge in [-0.05, 0) is 68.6 Å². The van der Waals surface area contributed by atoms with Gasteiger partial charge in [0, 0.05) is 40.0 Å². The van der Waals surface area contributed by atoms with Crippen LogP contribution in [0.25, 0.3) is 32.5 Å². The Morgan fingerprint density at radius 1 is 1.09 bits per heavy atom. The highest BCUT2D eigenvalue weighted by Crippen LogP contribution is 2.31. The lowest BCUT2D eigenvalue weighted by atomic mass is 9.95. The van der Waals surface area contributed by atoms with Crippen LogP contribution in [0.5, 0.6) is 0 Å². The molecule has 2 aromatic carbocycles. The summed E-state index contributed by atoms with van der Waals surface area (Å²) in [6, 6.07) is 18.7. The van der Waals surface area contributed by atoms with Crippen molar-refractivity contribution in [3.05, 3.63) is 65.9 Å². The molecule has 1 aliphatic heterocycles. The quantitative estimate of drug-likeness (QED) is 0.330. The summed E-state index contributed by atoms with van der Waals surface area (Å²) >= 11 is 1.60. The zero-order valence-electron chi connectivity index (χ0n) is 19.6. The molecule has 1 saturated heterocycles. The van der Waals surface area contributed by atoms with Crippen molar-refractivity contribution in [3.63, 3.8) is 0 Å². The molecule has 0 bridgehead atoms. The molecule has 5 aromatic rings. The first-order valence-electron chi connectivity index (χ1n) is 12.1. The van der Waals surface area contributed by atoms with E-state index < -0.39 is 0 Å². The number of thiophene rings is 1. The summed E-state index contributed by atoms with van der Waals surface area (Å²) in [5, 5.41) is 11.7. The predicted octanol–water partition coefficient (Wildman–Crippen LogP) is 5.78. The van der Waals surface area contributed by atoms with Crippen LogP contribution in [0.2, 0.25) is 0 Å². The third-order valence-electron chi connectivity index (χ3n) is 6.88. The van der Waals surface area contributed by atoms with Crippen LogP contribution in [0, 0.1) is 5.92 Å². The molecule has 8 heteroatoms. The molecule has 7 nitrogen and oxygen atoms in total. The van der Waals surface area contributed by atoms with E-state index >= 15 is 0 Å². The number of carbonyl (C=O) groups is 1. The fraction of sp³-hybridized carbons (Fsp3) is 0.296. The van der Waals surface area contributed by atoms with Crippen molar-refractivity contribution in [1.29, 1.82) is 0 Å². The number of aromatic nitrogens is 3. The highest BCUT2D eigenvalue weighted by atomic mass is 32.1. The lowest BCUT2D eigenvalue weighted by molar-refractivity contribution is -0.121. The molecular weight excluding hydrogens is 458 g/mol. The fourth-order valence-corrected chi connectivity index (χ4v) is 5.74. The van der Waals surface area contributed by atoms with Crippen molar-refractivity contribution < 1.29 is 9.32 Å². The summed E-state index contributed by atoms with van der Waals surface area (Å²) in [5.74, 6) is 1.36. The van der Waals surface area contributed by atoms with E-state index in [-0.39, 0.29) is 11.8 Å². The number of rotatable bonds is 6. The lowest BCUT2D eigenvalue weighted by Crippen LogP contribution is -2.37. The van der Waals surface area contributed by atoms with Crippen molar-refractivity contribution >= 4 is 44.7 Å². The topological polar surface area (TPSA) is 76.2 Å². The van der Waals surface area contributed by atoms with Gasteiger partial charge in [-0.3, -0.25) is 9.69 Å². The molecule has 1 fully saturated rings. The van der Waals surface area contributed by atoms with Crippen LogP contribution in [-0.2, 0) is 17.9 Å². The van der Waals surface area contributed by atoms with Gasteiger partial charge in [0.25, 0.3) is 0 Å².